The second-order valence-corrected chi connectivity index (χ2v) is 4.64. The van der Waals surface area contributed by atoms with Gasteiger partial charge in [0.1, 0.15) is 0 Å². The Bertz CT molecular complexity index is 727. The number of carbonyl (C=O) groups is 1. The molecule has 120 valence electrons. The molecule has 2 N–H and O–H groups in total. The summed E-state index contributed by atoms with van der Waals surface area (Å²) in [6, 6.07) is 6.19. The molecular weight excluding hydrogens is 309 g/mol. The topological polar surface area (TPSA) is 62.2 Å². The SMILES string of the molecule is O=C(/C=C/c1cccc(C(F)(F)F)c1)Nc1cnccc1CO. The van der Waals surface area contributed by atoms with Crippen LogP contribution >= 0.6 is 0 Å². The number of nitrogens with zero attached hydrogens (tertiary/aromatic N) is 1. The van der Waals surface area contributed by atoms with Crippen LogP contribution in [0, 0.1) is 0 Å². The molecule has 0 atom stereocenters. The Balaban J connectivity index is 2.10. The van der Waals surface area contributed by atoms with E-state index >= 15 is 0 Å². The van der Waals surface area contributed by atoms with Crippen LogP contribution in [0.5, 0.6) is 0 Å². The molecule has 1 aromatic carbocycles. The fourth-order valence-electron chi connectivity index (χ4n) is 1.84. The summed E-state index contributed by atoms with van der Waals surface area (Å²) in [6.45, 7) is -0.268. The second-order valence-electron chi connectivity index (χ2n) is 4.64. The molecule has 4 nitrogen and oxygen atoms in total. The van der Waals surface area contributed by atoms with Crippen LogP contribution in [0.2, 0.25) is 0 Å². The van der Waals surface area contributed by atoms with E-state index in [4.69, 9.17) is 5.11 Å². The van der Waals surface area contributed by atoms with Gasteiger partial charge in [0.2, 0.25) is 5.91 Å². The van der Waals surface area contributed by atoms with Gasteiger partial charge >= 0.3 is 6.18 Å². The van der Waals surface area contributed by atoms with Gasteiger partial charge in [-0.25, -0.2) is 0 Å². The third-order valence-electron chi connectivity index (χ3n) is 2.98. The van der Waals surface area contributed by atoms with Crippen LogP contribution in [0.3, 0.4) is 0 Å². The third kappa shape index (κ3) is 4.65. The average molecular weight is 322 g/mol. The minimum atomic E-state index is -4.43. The lowest BCUT2D eigenvalue weighted by molar-refractivity contribution is -0.137. The summed E-state index contributed by atoms with van der Waals surface area (Å²) in [6.07, 6.45) is 0.808. The highest BCUT2D eigenvalue weighted by atomic mass is 19.4. The zero-order chi connectivity index (χ0) is 16.9. The van der Waals surface area contributed by atoms with E-state index in [2.05, 4.69) is 10.3 Å². The van der Waals surface area contributed by atoms with Gasteiger partial charge in [-0.05, 0) is 29.8 Å². The van der Waals surface area contributed by atoms with Gasteiger partial charge in [0.15, 0.2) is 0 Å². The Kier molecular flexibility index (Phi) is 5.13. The van der Waals surface area contributed by atoms with Crippen LogP contribution in [0.1, 0.15) is 16.7 Å². The fourth-order valence-corrected chi connectivity index (χ4v) is 1.84. The maximum Gasteiger partial charge on any atom is 0.416 e. The largest absolute Gasteiger partial charge is 0.416 e. The molecule has 7 heteroatoms. The standard InChI is InChI=1S/C16H13F3N2O2/c17-16(18,19)13-3-1-2-11(8-13)4-5-15(23)21-14-9-20-7-6-12(14)10-22/h1-9,22H,10H2,(H,21,23)/b5-4+. The summed E-state index contributed by atoms with van der Waals surface area (Å²) in [5, 5.41) is 11.6. The van der Waals surface area contributed by atoms with Gasteiger partial charge in [-0.15, -0.1) is 0 Å². The number of rotatable bonds is 4. The first-order valence-corrected chi connectivity index (χ1v) is 6.60. The summed E-state index contributed by atoms with van der Waals surface area (Å²) in [5.74, 6) is -0.537. The molecule has 1 heterocycles. The molecule has 2 rings (SSSR count). The highest BCUT2D eigenvalue weighted by Crippen LogP contribution is 2.29. The molecule has 0 aliphatic carbocycles. The third-order valence-corrected chi connectivity index (χ3v) is 2.98. The number of nitrogens with one attached hydrogen (secondary N) is 1. The predicted octanol–water partition coefficient (Wildman–Crippen LogP) is 3.24. The first-order chi connectivity index (χ1) is 10.9. The number of halogens is 3. The number of aromatic nitrogens is 1. The van der Waals surface area contributed by atoms with Gasteiger partial charge in [0.25, 0.3) is 0 Å². The first-order valence-electron chi connectivity index (χ1n) is 6.60. The van der Waals surface area contributed by atoms with Crippen LogP contribution < -0.4 is 5.32 Å². The van der Waals surface area contributed by atoms with Gasteiger partial charge in [0, 0.05) is 17.8 Å². The molecule has 0 radical (unpaired) electrons. The van der Waals surface area contributed by atoms with Crippen LogP contribution in [-0.4, -0.2) is 16.0 Å². The number of anilines is 1. The zero-order valence-electron chi connectivity index (χ0n) is 11.8. The maximum absolute atomic E-state index is 12.6. The van der Waals surface area contributed by atoms with Crippen molar-refractivity contribution in [2.75, 3.05) is 5.32 Å². The van der Waals surface area contributed by atoms with Crippen molar-refractivity contribution in [2.24, 2.45) is 0 Å². The van der Waals surface area contributed by atoms with Crippen molar-refractivity contribution in [2.45, 2.75) is 12.8 Å². The van der Waals surface area contributed by atoms with Crippen molar-refractivity contribution in [1.29, 1.82) is 0 Å². The normalized spacial score (nSPS) is 11.7. The molecule has 23 heavy (non-hydrogen) atoms. The fraction of sp³-hybridized carbons (Fsp3) is 0.125. The van der Waals surface area contributed by atoms with E-state index in [1.54, 1.807) is 6.07 Å². The van der Waals surface area contributed by atoms with Gasteiger partial charge in [0.05, 0.1) is 24.1 Å². The summed E-state index contributed by atoms with van der Waals surface area (Å²) < 4.78 is 37.8. The van der Waals surface area contributed by atoms with Crippen molar-refractivity contribution in [1.82, 2.24) is 4.98 Å². The van der Waals surface area contributed by atoms with Crippen LogP contribution in [0.25, 0.3) is 6.08 Å². The van der Waals surface area contributed by atoms with Gasteiger partial charge in [-0.3, -0.25) is 9.78 Å². The molecule has 0 aliphatic rings. The van der Waals surface area contributed by atoms with Crippen molar-refractivity contribution in [3.05, 3.63) is 65.5 Å². The highest BCUT2D eigenvalue weighted by Gasteiger charge is 2.30. The Labute approximate surface area is 130 Å². The molecule has 0 saturated heterocycles. The van der Waals surface area contributed by atoms with E-state index in [-0.39, 0.29) is 12.2 Å². The van der Waals surface area contributed by atoms with E-state index in [0.29, 0.717) is 11.3 Å². The quantitative estimate of drug-likeness (QED) is 0.850. The highest BCUT2D eigenvalue weighted by molar-refractivity contribution is 6.02. The molecular formula is C16H13F3N2O2. The van der Waals surface area contributed by atoms with E-state index < -0.39 is 17.6 Å². The van der Waals surface area contributed by atoms with Crippen LogP contribution in [0.4, 0.5) is 18.9 Å². The lowest BCUT2D eigenvalue weighted by atomic mass is 10.1. The minimum absolute atomic E-state index is 0.253. The smallest absolute Gasteiger partial charge is 0.392 e. The summed E-state index contributed by atoms with van der Waals surface area (Å²) in [5.41, 5.74) is 0.299. The van der Waals surface area contributed by atoms with Crippen molar-refractivity contribution in [3.63, 3.8) is 0 Å². The van der Waals surface area contributed by atoms with Gasteiger partial charge in [-0.2, -0.15) is 13.2 Å². The van der Waals surface area contributed by atoms with Crippen molar-refractivity contribution in [3.8, 4) is 0 Å². The Hall–Kier alpha value is -2.67. The molecule has 0 fully saturated rings. The van der Waals surface area contributed by atoms with Crippen LogP contribution in [0.15, 0.2) is 48.8 Å². The first kappa shape index (κ1) is 16.7. The minimum Gasteiger partial charge on any atom is -0.392 e. The van der Waals surface area contributed by atoms with Crippen LogP contribution in [-0.2, 0) is 17.6 Å². The number of carbonyl (C=O) groups excluding carboxylic acids is 1. The number of aliphatic hydroxyl groups is 1. The molecule has 0 bridgehead atoms. The monoisotopic (exact) mass is 322 g/mol. The lowest BCUT2D eigenvalue weighted by Gasteiger charge is -2.07. The second kappa shape index (κ2) is 7.06. The Morgan fingerprint density at radius 3 is 2.78 bits per heavy atom. The number of pyridine rings is 1. The maximum atomic E-state index is 12.6. The molecule has 0 unspecified atom stereocenters. The Morgan fingerprint density at radius 1 is 1.30 bits per heavy atom. The average Bonchev–Trinajstić information content (AvgIpc) is 2.53. The lowest BCUT2D eigenvalue weighted by Crippen LogP contribution is -2.10. The van der Waals surface area contributed by atoms with E-state index in [1.165, 1.54) is 30.6 Å². The summed E-state index contributed by atoms with van der Waals surface area (Å²) >= 11 is 0. The Morgan fingerprint density at radius 2 is 2.09 bits per heavy atom. The van der Waals surface area contributed by atoms with Crippen molar-refractivity contribution < 1.29 is 23.1 Å². The number of amides is 1. The van der Waals surface area contributed by atoms with Crippen molar-refractivity contribution >= 4 is 17.7 Å². The number of aliphatic hydroxyl groups excluding tert-OH is 1. The van der Waals surface area contributed by atoms with E-state index in [9.17, 15) is 18.0 Å². The zero-order valence-corrected chi connectivity index (χ0v) is 11.8. The summed E-state index contributed by atoms with van der Waals surface area (Å²) in [7, 11) is 0. The molecule has 0 spiro atoms. The number of alkyl halides is 3. The molecule has 0 saturated carbocycles. The number of hydrogen-bond donors (Lipinski definition) is 2. The number of benzene rings is 1. The van der Waals surface area contributed by atoms with E-state index in [0.717, 1.165) is 18.2 Å². The van der Waals surface area contributed by atoms with Gasteiger partial charge < -0.3 is 10.4 Å². The molecule has 2 aromatic rings. The molecule has 1 amide bonds. The predicted molar refractivity (Wildman–Crippen MR) is 79.3 cm³/mol. The van der Waals surface area contributed by atoms with Gasteiger partial charge in [-0.1, -0.05) is 12.1 Å². The molecule has 0 aliphatic heterocycles. The number of hydrogen-bond acceptors (Lipinski definition) is 3. The van der Waals surface area contributed by atoms with E-state index in [1.807, 2.05) is 0 Å². The molecule has 1 aromatic heterocycles. The summed E-state index contributed by atoms with van der Waals surface area (Å²) in [4.78, 5) is 15.6.